The van der Waals surface area contributed by atoms with Crippen molar-refractivity contribution in [2.75, 3.05) is 0 Å². The maximum atomic E-state index is 5.48. The highest BCUT2D eigenvalue weighted by atomic mass is 35.5. The van der Waals surface area contributed by atoms with Gasteiger partial charge in [0.05, 0.1) is 0 Å². The number of halogens is 1. The fourth-order valence-corrected chi connectivity index (χ4v) is 0.267. The normalized spacial score (nSPS) is 11.2. The fraction of sp³-hybridized carbons (Fsp3) is 0.500. The van der Waals surface area contributed by atoms with Crippen molar-refractivity contribution in [3.63, 3.8) is 0 Å². The van der Waals surface area contributed by atoms with E-state index in [0.717, 1.165) is 5.71 Å². The number of rotatable bonds is 1. The summed E-state index contributed by atoms with van der Waals surface area (Å²) < 4.78 is 0. The van der Waals surface area contributed by atoms with Crippen molar-refractivity contribution in [2.24, 2.45) is 4.99 Å². The zero-order valence-electron chi connectivity index (χ0n) is 5.40. The van der Waals surface area contributed by atoms with E-state index >= 15 is 0 Å². The van der Waals surface area contributed by atoms with E-state index in [0.29, 0.717) is 5.03 Å². The fourth-order valence-electron chi connectivity index (χ4n) is 0.218. The Morgan fingerprint density at radius 1 is 1.38 bits per heavy atom. The molecule has 0 unspecified atom stereocenters. The van der Waals surface area contributed by atoms with Crippen LogP contribution in [-0.2, 0) is 0 Å². The molecule has 46 valence electrons. The molecule has 0 aromatic carbocycles. The van der Waals surface area contributed by atoms with E-state index in [1.165, 1.54) is 0 Å². The zero-order chi connectivity index (χ0) is 6.57. The van der Waals surface area contributed by atoms with Crippen molar-refractivity contribution < 1.29 is 0 Å². The van der Waals surface area contributed by atoms with E-state index in [9.17, 15) is 0 Å². The van der Waals surface area contributed by atoms with Gasteiger partial charge in [0.1, 0.15) is 0 Å². The molecule has 1 nitrogen and oxygen atoms in total. The van der Waals surface area contributed by atoms with Crippen LogP contribution in [0.5, 0.6) is 0 Å². The van der Waals surface area contributed by atoms with Crippen LogP contribution in [0.4, 0.5) is 0 Å². The molecule has 0 aliphatic heterocycles. The van der Waals surface area contributed by atoms with Crippen LogP contribution in [0.25, 0.3) is 0 Å². The van der Waals surface area contributed by atoms with E-state index in [1.807, 2.05) is 13.8 Å². The standard InChI is InChI=1S/C6H10ClN/c1-5(2)8-4-6(3)7/h4H,1-3H3/b6-4+. The minimum atomic E-state index is 0.714. The Hall–Kier alpha value is -0.300. The molecule has 2 heteroatoms. The second kappa shape index (κ2) is 3.67. The number of aliphatic imine (C=N–C) groups is 1. The summed E-state index contributed by atoms with van der Waals surface area (Å²) in [7, 11) is 0. The molecule has 0 rings (SSSR count). The van der Waals surface area contributed by atoms with Gasteiger partial charge in [-0.05, 0) is 20.8 Å². The third-order valence-corrected chi connectivity index (χ3v) is 0.598. The first-order valence-corrected chi connectivity index (χ1v) is 2.84. The van der Waals surface area contributed by atoms with Gasteiger partial charge in [-0.1, -0.05) is 11.6 Å². The van der Waals surface area contributed by atoms with Crippen LogP contribution in [-0.4, -0.2) is 5.71 Å². The molecule has 0 heterocycles. The summed E-state index contributed by atoms with van der Waals surface area (Å²) in [5.41, 5.74) is 1.02. The molecule has 0 saturated carbocycles. The molecule has 0 aliphatic carbocycles. The van der Waals surface area contributed by atoms with Crippen LogP contribution >= 0.6 is 11.6 Å². The molecule has 0 fully saturated rings. The summed E-state index contributed by atoms with van der Waals surface area (Å²) in [6, 6.07) is 0. The van der Waals surface area contributed by atoms with Crippen molar-refractivity contribution in [3.8, 4) is 0 Å². The quantitative estimate of drug-likeness (QED) is 0.485. The average molecular weight is 132 g/mol. The average Bonchev–Trinajstić information content (AvgIpc) is 1.61. The lowest BCUT2D eigenvalue weighted by atomic mass is 10.5. The lowest BCUT2D eigenvalue weighted by molar-refractivity contribution is 1.45. The highest BCUT2D eigenvalue weighted by molar-refractivity contribution is 6.29. The molecule has 0 spiro atoms. The second-order valence-electron chi connectivity index (χ2n) is 1.79. The molecular formula is C6H10ClN. The van der Waals surface area contributed by atoms with E-state index < -0.39 is 0 Å². The van der Waals surface area contributed by atoms with Gasteiger partial charge in [0, 0.05) is 16.9 Å². The third kappa shape index (κ3) is 5.70. The Morgan fingerprint density at radius 3 is 2.00 bits per heavy atom. The van der Waals surface area contributed by atoms with Crippen LogP contribution in [0, 0.1) is 0 Å². The van der Waals surface area contributed by atoms with Gasteiger partial charge in [-0.3, -0.25) is 4.99 Å². The van der Waals surface area contributed by atoms with Crippen LogP contribution < -0.4 is 0 Å². The van der Waals surface area contributed by atoms with Gasteiger partial charge in [0.25, 0.3) is 0 Å². The molecule has 0 bridgehead atoms. The van der Waals surface area contributed by atoms with E-state index in [1.54, 1.807) is 13.1 Å². The molecule has 0 radical (unpaired) electrons. The molecule has 0 aliphatic rings. The molecule has 8 heavy (non-hydrogen) atoms. The molecule has 0 atom stereocenters. The number of allylic oxidation sites excluding steroid dienone is 1. The molecule has 0 saturated heterocycles. The monoisotopic (exact) mass is 131 g/mol. The highest BCUT2D eigenvalue weighted by Gasteiger charge is 1.74. The maximum Gasteiger partial charge on any atom is 0.0409 e. The Bertz CT molecular complexity index is 100. The SMILES string of the molecule is CC(C)=N/C=C(\C)Cl. The summed E-state index contributed by atoms with van der Waals surface area (Å²) in [5, 5.41) is 0.714. The van der Waals surface area contributed by atoms with E-state index in [2.05, 4.69) is 4.99 Å². The maximum absolute atomic E-state index is 5.48. The lowest BCUT2D eigenvalue weighted by Gasteiger charge is -1.82. The van der Waals surface area contributed by atoms with Crippen molar-refractivity contribution in [1.29, 1.82) is 0 Å². The number of nitrogens with zero attached hydrogens (tertiary/aromatic N) is 1. The van der Waals surface area contributed by atoms with Gasteiger partial charge in [-0.2, -0.15) is 0 Å². The van der Waals surface area contributed by atoms with Crippen LogP contribution in [0.15, 0.2) is 16.2 Å². The number of hydrogen-bond donors (Lipinski definition) is 0. The predicted octanol–water partition coefficient (Wildman–Crippen LogP) is 2.57. The molecule has 0 aromatic heterocycles. The highest BCUT2D eigenvalue weighted by Crippen LogP contribution is 1.97. The minimum Gasteiger partial charge on any atom is -0.265 e. The summed E-state index contributed by atoms with van der Waals surface area (Å²) in [6.45, 7) is 5.65. The van der Waals surface area contributed by atoms with Crippen molar-refractivity contribution in [3.05, 3.63) is 11.2 Å². The largest absolute Gasteiger partial charge is 0.265 e. The summed E-state index contributed by atoms with van der Waals surface area (Å²) in [6.07, 6.45) is 1.64. The molecular weight excluding hydrogens is 122 g/mol. The van der Waals surface area contributed by atoms with Crippen molar-refractivity contribution in [2.45, 2.75) is 20.8 Å². The second-order valence-corrected chi connectivity index (χ2v) is 2.39. The first kappa shape index (κ1) is 7.70. The van der Waals surface area contributed by atoms with Gasteiger partial charge < -0.3 is 0 Å². The molecule has 0 aromatic rings. The summed E-state index contributed by atoms with van der Waals surface area (Å²) in [5.74, 6) is 0. The molecule has 0 amide bonds. The Balaban J connectivity index is 3.76. The first-order valence-electron chi connectivity index (χ1n) is 2.46. The third-order valence-electron chi connectivity index (χ3n) is 0.501. The first-order chi connectivity index (χ1) is 3.63. The van der Waals surface area contributed by atoms with Crippen molar-refractivity contribution >= 4 is 17.3 Å². The van der Waals surface area contributed by atoms with Gasteiger partial charge in [-0.25, -0.2) is 0 Å². The lowest BCUT2D eigenvalue weighted by Crippen LogP contribution is -1.75. The topological polar surface area (TPSA) is 12.4 Å². The smallest absolute Gasteiger partial charge is 0.0409 e. The van der Waals surface area contributed by atoms with Crippen LogP contribution in [0.2, 0.25) is 0 Å². The van der Waals surface area contributed by atoms with Gasteiger partial charge in [-0.15, -0.1) is 0 Å². The van der Waals surface area contributed by atoms with Gasteiger partial charge in [0.2, 0.25) is 0 Å². The Labute approximate surface area is 55.1 Å². The minimum absolute atomic E-state index is 0.714. The Kier molecular flexibility index (Phi) is 3.53. The van der Waals surface area contributed by atoms with Crippen LogP contribution in [0.3, 0.4) is 0 Å². The van der Waals surface area contributed by atoms with Crippen molar-refractivity contribution in [1.82, 2.24) is 0 Å². The number of hydrogen-bond acceptors (Lipinski definition) is 1. The summed E-state index contributed by atoms with van der Waals surface area (Å²) >= 11 is 5.48. The molecule has 0 N–H and O–H groups in total. The predicted molar refractivity (Wildman–Crippen MR) is 38.4 cm³/mol. The van der Waals surface area contributed by atoms with Gasteiger partial charge >= 0.3 is 0 Å². The van der Waals surface area contributed by atoms with E-state index in [4.69, 9.17) is 11.6 Å². The zero-order valence-corrected chi connectivity index (χ0v) is 6.16. The Morgan fingerprint density at radius 2 is 1.88 bits per heavy atom. The summed E-state index contributed by atoms with van der Waals surface area (Å²) in [4.78, 5) is 3.95. The van der Waals surface area contributed by atoms with E-state index in [-0.39, 0.29) is 0 Å². The van der Waals surface area contributed by atoms with Crippen LogP contribution in [0.1, 0.15) is 20.8 Å². The van der Waals surface area contributed by atoms with Gasteiger partial charge in [0.15, 0.2) is 0 Å².